The van der Waals surface area contributed by atoms with Gasteiger partial charge >= 0.3 is 0 Å². The quantitative estimate of drug-likeness (QED) is 0.827. The zero-order chi connectivity index (χ0) is 16.2. The Morgan fingerprint density at radius 2 is 2.05 bits per heavy atom. The number of aromatic nitrogens is 2. The zero-order valence-electron chi connectivity index (χ0n) is 12.2. The van der Waals surface area contributed by atoms with Gasteiger partial charge in [-0.1, -0.05) is 5.16 Å². The van der Waals surface area contributed by atoms with Gasteiger partial charge in [0.15, 0.2) is 5.82 Å². The van der Waals surface area contributed by atoms with E-state index in [-0.39, 0.29) is 18.9 Å². The molecule has 1 amide bonds. The molecule has 0 aliphatic carbocycles. The van der Waals surface area contributed by atoms with Gasteiger partial charge in [-0.15, -0.1) is 0 Å². The first-order valence-electron chi connectivity index (χ1n) is 6.43. The molecule has 2 rings (SSSR count). The molecule has 0 unspecified atom stereocenters. The second-order valence-corrected chi connectivity index (χ2v) is 6.60. The summed E-state index contributed by atoms with van der Waals surface area (Å²) < 4.78 is 29.4. The maximum Gasteiger partial charge on any atom is 0.241 e. The normalized spacial score (nSPS) is 11.2. The number of sulfonamides is 1. The second kappa shape index (κ2) is 6.56. The van der Waals surface area contributed by atoms with Crippen LogP contribution in [-0.2, 0) is 21.4 Å². The van der Waals surface area contributed by atoms with Crippen molar-refractivity contribution < 1.29 is 17.7 Å². The fraction of sp³-hybridized carbons (Fsp3) is 0.308. The lowest BCUT2D eigenvalue weighted by molar-refractivity contribution is -0.119. The van der Waals surface area contributed by atoms with Crippen molar-refractivity contribution in [3.63, 3.8) is 0 Å². The molecule has 2 aromatic heterocycles. The SMILES string of the molecule is Cc1cc(N(CC(=O)NCc2ccncc2)S(C)(=O)=O)no1. The van der Waals surface area contributed by atoms with Gasteiger partial charge in [0.1, 0.15) is 12.3 Å². The number of pyridine rings is 1. The Balaban J connectivity index is 2.03. The summed E-state index contributed by atoms with van der Waals surface area (Å²) in [7, 11) is -3.64. The van der Waals surface area contributed by atoms with Gasteiger partial charge < -0.3 is 9.84 Å². The van der Waals surface area contributed by atoms with Crippen LogP contribution >= 0.6 is 0 Å². The van der Waals surface area contributed by atoms with E-state index in [0.29, 0.717) is 5.76 Å². The Morgan fingerprint density at radius 1 is 1.36 bits per heavy atom. The third-order valence-corrected chi connectivity index (χ3v) is 3.91. The number of rotatable bonds is 6. The number of carbonyl (C=O) groups excluding carboxylic acids is 1. The molecule has 0 atom stereocenters. The molecular formula is C13H16N4O4S. The highest BCUT2D eigenvalue weighted by atomic mass is 32.2. The number of anilines is 1. The van der Waals surface area contributed by atoms with Crippen LogP contribution in [-0.4, -0.2) is 37.3 Å². The molecule has 1 N–H and O–H groups in total. The molecule has 2 heterocycles. The van der Waals surface area contributed by atoms with Gasteiger partial charge in [0.05, 0.1) is 6.26 Å². The first kappa shape index (κ1) is 16.0. The number of carbonyl (C=O) groups is 1. The van der Waals surface area contributed by atoms with Crippen LogP contribution in [0.1, 0.15) is 11.3 Å². The Hall–Kier alpha value is -2.42. The van der Waals surface area contributed by atoms with E-state index in [1.165, 1.54) is 6.07 Å². The summed E-state index contributed by atoms with van der Waals surface area (Å²) >= 11 is 0. The van der Waals surface area contributed by atoms with E-state index < -0.39 is 15.9 Å². The molecule has 0 aromatic carbocycles. The highest BCUT2D eigenvalue weighted by Crippen LogP contribution is 2.16. The van der Waals surface area contributed by atoms with Crippen molar-refractivity contribution in [2.24, 2.45) is 0 Å². The van der Waals surface area contributed by atoms with Gasteiger partial charge in [0.2, 0.25) is 15.9 Å². The Bertz CT molecular complexity index is 742. The molecule has 0 fully saturated rings. The van der Waals surface area contributed by atoms with Crippen LogP contribution in [0.15, 0.2) is 35.1 Å². The molecule has 0 aliphatic heterocycles. The lowest BCUT2D eigenvalue weighted by atomic mass is 10.3. The molecular weight excluding hydrogens is 308 g/mol. The Labute approximate surface area is 128 Å². The summed E-state index contributed by atoms with van der Waals surface area (Å²) in [6.45, 7) is 1.56. The van der Waals surface area contributed by atoms with Gasteiger partial charge in [-0.25, -0.2) is 12.7 Å². The minimum absolute atomic E-state index is 0.0825. The highest BCUT2D eigenvalue weighted by Gasteiger charge is 2.23. The molecule has 0 aliphatic rings. The largest absolute Gasteiger partial charge is 0.360 e. The van der Waals surface area contributed by atoms with Crippen LogP contribution < -0.4 is 9.62 Å². The summed E-state index contributed by atoms with van der Waals surface area (Å²) in [6, 6.07) is 4.97. The number of aryl methyl sites for hydroxylation is 1. The molecule has 0 bridgehead atoms. The molecule has 118 valence electrons. The molecule has 2 aromatic rings. The standard InChI is InChI=1S/C13H16N4O4S/c1-10-7-12(16-21-10)17(22(2,19)20)9-13(18)15-8-11-3-5-14-6-4-11/h3-7H,8-9H2,1-2H3,(H,15,18). The van der Waals surface area contributed by atoms with E-state index in [0.717, 1.165) is 16.1 Å². The maximum atomic E-state index is 12.0. The summed E-state index contributed by atoms with van der Waals surface area (Å²) in [5, 5.41) is 6.28. The molecule has 0 saturated heterocycles. The predicted octanol–water partition coefficient (Wildman–Crippen LogP) is 0.460. The van der Waals surface area contributed by atoms with Crippen molar-refractivity contribution in [3.8, 4) is 0 Å². The van der Waals surface area contributed by atoms with Gasteiger partial charge in [0.25, 0.3) is 0 Å². The van der Waals surface area contributed by atoms with Crippen LogP contribution in [0.2, 0.25) is 0 Å². The van der Waals surface area contributed by atoms with Crippen molar-refractivity contribution in [1.82, 2.24) is 15.5 Å². The number of hydrogen-bond donors (Lipinski definition) is 1. The minimum atomic E-state index is -3.64. The average molecular weight is 324 g/mol. The van der Waals surface area contributed by atoms with E-state index in [4.69, 9.17) is 4.52 Å². The average Bonchev–Trinajstić information content (AvgIpc) is 2.88. The highest BCUT2D eigenvalue weighted by molar-refractivity contribution is 7.92. The number of hydrogen-bond acceptors (Lipinski definition) is 6. The van der Waals surface area contributed by atoms with Gasteiger partial charge in [-0.2, -0.15) is 0 Å². The smallest absolute Gasteiger partial charge is 0.241 e. The Morgan fingerprint density at radius 3 is 2.59 bits per heavy atom. The number of nitrogens with one attached hydrogen (secondary N) is 1. The van der Waals surface area contributed by atoms with Crippen LogP contribution in [0.3, 0.4) is 0 Å². The van der Waals surface area contributed by atoms with Gasteiger partial charge in [-0.05, 0) is 24.6 Å². The third-order valence-electron chi connectivity index (χ3n) is 2.80. The fourth-order valence-electron chi connectivity index (χ4n) is 1.73. The third kappa shape index (κ3) is 4.29. The second-order valence-electron chi connectivity index (χ2n) is 4.70. The van der Waals surface area contributed by atoms with E-state index in [1.54, 1.807) is 31.5 Å². The van der Waals surface area contributed by atoms with Crippen LogP contribution in [0.4, 0.5) is 5.82 Å². The molecule has 0 spiro atoms. The predicted molar refractivity (Wildman–Crippen MR) is 79.5 cm³/mol. The first-order chi connectivity index (χ1) is 10.4. The van der Waals surface area contributed by atoms with Gasteiger partial charge in [0, 0.05) is 25.0 Å². The number of amides is 1. The van der Waals surface area contributed by atoms with E-state index >= 15 is 0 Å². The fourth-order valence-corrected chi connectivity index (χ4v) is 2.50. The Kier molecular flexibility index (Phi) is 4.76. The van der Waals surface area contributed by atoms with Gasteiger partial charge in [-0.3, -0.25) is 9.78 Å². The summed E-state index contributed by atoms with van der Waals surface area (Å²) in [5.41, 5.74) is 0.867. The van der Waals surface area contributed by atoms with E-state index in [1.807, 2.05) is 0 Å². The van der Waals surface area contributed by atoms with Crippen molar-refractivity contribution >= 4 is 21.7 Å². The van der Waals surface area contributed by atoms with Crippen molar-refractivity contribution in [2.45, 2.75) is 13.5 Å². The number of nitrogens with zero attached hydrogens (tertiary/aromatic N) is 3. The molecule has 22 heavy (non-hydrogen) atoms. The summed E-state index contributed by atoms with van der Waals surface area (Å²) in [5.74, 6) is 0.0998. The first-order valence-corrected chi connectivity index (χ1v) is 8.28. The summed E-state index contributed by atoms with van der Waals surface area (Å²) in [6.07, 6.45) is 4.23. The topological polar surface area (TPSA) is 105 Å². The van der Waals surface area contributed by atoms with Crippen molar-refractivity contribution in [3.05, 3.63) is 41.9 Å². The van der Waals surface area contributed by atoms with Crippen LogP contribution in [0.25, 0.3) is 0 Å². The lowest BCUT2D eigenvalue weighted by Crippen LogP contribution is -2.40. The van der Waals surface area contributed by atoms with E-state index in [9.17, 15) is 13.2 Å². The lowest BCUT2D eigenvalue weighted by Gasteiger charge is -2.18. The van der Waals surface area contributed by atoms with Crippen LogP contribution in [0, 0.1) is 6.92 Å². The van der Waals surface area contributed by atoms with Crippen LogP contribution in [0.5, 0.6) is 0 Å². The maximum absolute atomic E-state index is 12.0. The minimum Gasteiger partial charge on any atom is -0.360 e. The van der Waals surface area contributed by atoms with Crippen molar-refractivity contribution in [1.29, 1.82) is 0 Å². The molecule has 0 saturated carbocycles. The molecule has 0 radical (unpaired) electrons. The van der Waals surface area contributed by atoms with E-state index in [2.05, 4.69) is 15.5 Å². The van der Waals surface area contributed by atoms with Crippen molar-refractivity contribution in [2.75, 3.05) is 17.1 Å². The zero-order valence-corrected chi connectivity index (χ0v) is 13.0. The molecule has 9 heteroatoms. The summed E-state index contributed by atoms with van der Waals surface area (Å²) in [4.78, 5) is 15.8. The monoisotopic (exact) mass is 324 g/mol. The molecule has 8 nitrogen and oxygen atoms in total.